The molecule has 0 aliphatic carbocycles. The van der Waals surface area contributed by atoms with Gasteiger partial charge in [-0.3, -0.25) is 0 Å². The molecule has 0 saturated carbocycles. The van der Waals surface area contributed by atoms with Crippen molar-refractivity contribution in [2.75, 3.05) is 27.8 Å². The summed E-state index contributed by atoms with van der Waals surface area (Å²) in [4.78, 5) is 0. The molecule has 0 aliphatic rings. The van der Waals surface area contributed by atoms with Crippen LogP contribution >= 0.6 is 7.26 Å². The van der Waals surface area contributed by atoms with Gasteiger partial charge in [-0.05, 0) is 54.1 Å². The minimum Gasteiger partial charge on any atom is -1.00 e. The van der Waals surface area contributed by atoms with E-state index in [-0.39, 0.29) is 26.0 Å². The third-order valence-corrected chi connectivity index (χ3v) is 10.0. The first-order chi connectivity index (χ1) is 16.8. The quantitative estimate of drug-likeness (QED) is 0.230. The zero-order chi connectivity index (χ0) is 23.6. The molecule has 0 atom stereocenters. The second-order valence-corrected chi connectivity index (χ2v) is 11.4. The van der Waals surface area contributed by atoms with Crippen LogP contribution in [0.4, 0.5) is 0 Å². The molecular formula is C29H30ClO4P. The van der Waals surface area contributed by atoms with Gasteiger partial charge >= 0.3 is 0 Å². The Hall–Kier alpha value is -2.88. The highest BCUT2D eigenvalue weighted by Gasteiger charge is 2.45. The van der Waals surface area contributed by atoms with Gasteiger partial charge in [-0.25, -0.2) is 0 Å². The van der Waals surface area contributed by atoms with Crippen LogP contribution in [0.1, 0.15) is 5.56 Å². The Labute approximate surface area is 214 Å². The summed E-state index contributed by atoms with van der Waals surface area (Å²) in [7, 11) is 1.19. The van der Waals surface area contributed by atoms with Crippen LogP contribution in [-0.2, 0) is 15.6 Å². The Kier molecular flexibility index (Phi) is 10.1. The Morgan fingerprint density at radius 3 is 1.26 bits per heavy atom. The first-order valence-corrected chi connectivity index (χ1v) is 13.2. The number of hydrogen-bond donors (Lipinski definition) is 0. The van der Waals surface area contributed by atoms with Gasteiger partial charge in [0.1, 0.15) is 34.7 Å². The largest absolute Gasteiger partial charge is 1.00 e. The summed E-state index contributed by atoms with van der Waals surface area (Å²) in [6.07, 6.45) is 0.818. The normalized spacial score (nSPS) is 10.9. The zero-order valence-electron chi connectivity index (χ0n) is 20.0. The molecule has 0 amide bonds. The maximum atomic E-state index is 5.82. The molecule has 6 heteroatoms. The van der Waals surface area contributed by atoms with E-state index in [4.69, 9.17) is 18.9 Å². The molecule has 0 aliphatic heterocycles. The predicted molar refractivity (Wildman–Crippen MR) is 140 cm³/mol. The lowest BCUT2D eigenvalue weighted by atomic mass is 10.2. The van der Waals surface area contributed by atoms with Crippen molar-refractivity contribution in [1.29, 1.82) is 0 Å². The first kappa shape index (κ1) is 26.7. The topological polar surface area (TPSA) is 36.9 Å². The first-order valence-electron chi connectivity index (χ1n) is 11.2. The average Bonchev–Trinajstić information content (AvgIpc) is 2.91. The average molecular weight is 509 g/mol. The monoisotopic (exact) mass is 508 g/mol. The highest BCUT2D eigenvalue weighted by atomic mass is 35.5. The van der Waals surface area contributed by atoms with Crippen LogP contribution in [0.3, 0.4) is 0 Å². The van der Waals surface area contributed by atoms with Crippen molar-refractivity contribution in [2.24, 2.45) is 0 Å². The van der Waals surface area contributed by atoms with Gasteiger partial charge in [-0.15, -0.1) is 0 Å². The van der Waals surface area contributed by atoms with Gasteiger partial charge in [0, 0.05) is 20.3 Å². The van der Waals surface area contributed by atoms with E-state index in [9.17, 15) is 0 Å². The summed E-state index contributed by atoms with van der Waals surface area (Å²) < 4.78 is 21.9. The summed E-state index contributed by atoms with van der Waals surface area (Å²) >= 11 is 0. The predicted octanol–water partition coefficient (Wildman–Crippen LogP) is 2.15. The SMILES string of the molecule is COCOc1cc(C[P+](c2ccccc2)(c2ccccc2)c2ccccc2)cc(OCOC)c1.[Cl-]. The van der Waals surface area contributed by atoms with Crippen LogP contribution in [0.15, 0.2) is 109 Å². The lowest BCUT2D eigenvalue weighted by Crippen LogP contribution is -3.00. The molecule has 0 bridgehead atoms. The van der Waals surface area contributed by atoms with Gasteiger partial charge in [0.15, 0.2) is 13.6 Å². The lowest BCUT2D eigenvalue weighted by Gasteiger charge is -2.28. The Morgan fingerprint density at radius 2 is 0.914 bits per heavy atom. The van der Waals surface area contributed by atoms with E-state index in [0.29, 0.717) is 11.5 Å². The molecule has 0 unspecified atom stereocenters. The Morgan fingerprint density at radius 1 is 0.543 bits per heavy atom. The highest BCUT2D eigenvalue weighted by molar-refractivity contribution is 7.95. The number of methoxy groups -OCH3 is 2. The number of halogens is 1. The van der Waals surface area contributed by atoms with Crippen molar-refractivity contribution in [2.45, 2.75) is 6.16 Å². The molecule has 0 spiro atoms. The van der Waals surface area contributed by atoms with E-state index in [1.807, 2.05) is 6.07 Å². The van der Waals surface area contributed by atoms with Gasteiger partial charge in [-0.1, -0.05) is 54.6 Å². The molecule has 4 nitrogen and oxygen atoms in total. The standard InChI is InChI=1S/C29H30O4P.ClH/c1-30-22-32-25-18-24(19-26(20-25)33-23-31-2)21-34(27-12-6-3-7-13-27,28-14-8-4-9-15-28)29-16-10-5-11-17-29;/h3-20H,21-23H2,1-2H3;1H/q+1;/p-1. The molecule has 4 aromatic rings. The molecular weight excluding hydrogens is 479 g/mol. The third-order valence-electron chi connectivity index (χ3n) is 5.64. The number of hydrogen-bond acceptors (Lipinski definition) is 4. The van der Waals surface area contributed by atoms with Crippen LogP contribution in [0.25, 0.3) is 0 Å². The van der Waals surface area contributed by atoms with E-state index in [1.165, 1.54) is 15.9 Å². The lowest BCUT2D eigenvalue weighted by molar-refractivity contribution is -0.0000146. The molecule has 0 aromatic heterocycles. The van der Waals surface area contributed by atoms with Crippen LogP contribution in [0.5, 0.6) is 11.5 Å². The Balaban J connectivity index is 0.00000342. The van der Waals surface area contributed by atoms with Crippen molar-refractivity contribution >= 4 is 23.2 Å². The van der Waals surface area contributed by atoms with Crippen molar-refractivity contribution in [1.82, 2.24) is 0 Å². The number of ether oxygens (including phenoxy) is 4. The van der Waals surface area contributed by atoms with Gasteiger partial charge in [0.2, 0.25) is 0 Å². The van der Waals surface area contributed by atoms with E-state index in [1.54, 1.807) is 14.2 Å². The van der Waals surface area contributed by atoms with E-state index in [2.05, 4.69) is 103 Å². The van der Waals surface area contributed by atoms with Crippen LogP contribution in [-0.4, -0.2) is 27.8 Å². The molecule has 4 aromatic carbocycles. The second-order valence-electron chi connectivity index (χ2n) is 7.89. The molecule has 0 heterocycles. The van der Waals surface area contributed by atoms with E-state index in [0.717, 1.165) is 11.7 Å². The summed E-state index contributed by atoms with van der Waals surface area (Å²) in [5.74, 6) is 1.41. The molecule has 35 heavy (non-hydrogen) atoms. The van der Waals surface area contributed by atoms with Crippen molar-refractivity contribution in [3.05, 3.63) is 115 Å². The van der Waals surface area contributed by atoms with Crippen LogP contribution in [0, 0.1) is 0 Å². The smallest absolute Gasteiger partial charge is 0.188 e. The van der Waals surface area contributed by atoms with Crippen LogP contribution in [0.2, 0.25) is 0 Å². The maximum Gasteiger partial charge on any atom is 0.188 e. The van der Waals surface area contributed by atoms with Gasteiger partial charge < -0.3 is 31.4 Å². The molecule has 0 fully saturated rings. The number of benzene rings is 4. The van der Waals surface area contributed by atoms with Crippen molar-refractivity contribution in [3.8, 4) is 11.5 Å². The van der Waals surface area contributed by atoms with Gasteiger partial charge in [-0.2, -0.15) is 0 Å². The highest BCUT2D eigenvalue weighted by Crippen LogP contribution is 2.58. The van der Waals surface area contributed by atoms with Gasteiger partial charge in [0.25, 0.3) is 0 Å². The summed E-state index contributed by atoms with van der Waals surface area (Å²) in [5.41, 5.74) is 1.13. The fourth-order valence-corrected chi connectivity index (χ4v) is 8.40. The molecule has 182 valence electrons. The molecule has 0 saturated heterocycles. The molecule has 4 rings (SSSR count). The van der Waals surface area contributed by atoms with E-state index < -0.39 is 7.26 Å². The van der Waals surface area contributed by atoms with E-state index >= 15 is 0 Å². The molecule has 0 N–H and O–H groups in total. The number of rotatable bonds is 11. The third kappa shape index (κ3) is 6.42. The molecule has 0 radical (unpaired) electrons. The van der Waals surface area contributed by atoms with Crippen molar-refractivity contribution < 1.29 is 31.4 Å². The maximum absolute atomic E-state index is 5.82. The summed E-state index contributed by atoms with van der Waals surface area (Å²) in [6, 6.07) is 38.5. The van der Waals surface area contributed by atoms with Gasteiger partial charge in [0.05, 0.1) is 6.16 Å². The minimum absolute atomic E-state index is 0. The van der Waals surface area contributed by atoms with Crippen LogP contribution < -0.4 is 37.8 Å². The minimum atomic E-state index is -2.04. The zero-order valence-corrected chi connectivity index (χ0v) is 21.6. The summed E-state index contributed by atoms with van der Waals surface area (Å²) in [6.45, 7) is 0.340. The summed E-state index contributed by atoms with van der Waals surface area (Å²) in [5, 5.41) is 3.99. The fourth-order valence-electron chi connectivity index (χ4n) is 4.18. The van der Waals surface area contributed by atoms with Crippen molar-refractivity contribution in [3.63, 3.8) is 0 Å². The second kappa shape index (κ2) is 13.3. The fraction of sp³-hybridized carbons (Fsp3) is 0.172. The Bertz CT molecular complexity index is 1030.